The predicted molar refractivity (Wildman–Crippen MR) is 119 cm³/mol. The van der Waals surface area contributed by atoms with Gasteiger partial charge in [-0.25, -0.2) is 9.18 Å². The average molecular weight is 441 g/mol. The number of benzene rings is 3. The lowest BCUT2D eigenvalue weighted by atomic mass is 10.0. The second kappa shape index (κ2) is 9.23. The maximum Gasteiger partial charge on any atom is 0.343 e. The van der Waals surface area contributed by atoms with E-state index in [0.29, 0.717) is 22.4 Å². The Labute approximate surface area is 188 Å². The minimum Gasteiger partial charge on any atom is -0.423 e. The number of hydrogen-bond donors (Lipinski definition) is 1. The van der Waals surface area contributed by atoms with Gasteiger partial charge < -0.3 is 4.74 Å². The van der Waals surface area contributed by atoms with Crippen LogP contribution in [0.2, 0.25) is 0 Å². The summed E-state index contributed by atoms with van der Waals surface area (Å²) < 4.78 is 18.3. The highest BCUT2D eigenvalue weighted by Crippen LogP contribution is 2.20. The Kier molecular flexibility index (Phi) is 6.04. The number of ether oxygens (including phenoxy) is 1. The van der Waals surface area contributed by atoms with E-state index < -0.39 is 23.6 Å². The molecule has 2 amide bonds. The van der Waals surface area contributed by atoms with E-state index in [1.54, 1.807) is 42.5 Å². The molecule has 0 atom stereocenters. The number of halogens is 1. The maximum atomic E-state index is 13.0. The zero-order valence-corrected chi connectivity index (χ0v) is 17.1. The summed E-state index contributed by atoms with van der Waals surface area (Å²) in [6.07, 6.45) is 4.19. The fourth-order valence-corrected chi connectivity index (χ4v) is 3.11. The van der Waals surface area contributed by atoms with E-state index in [-0.39, 0.29) is 16.9 Å². The Morgan fingerprint density at radius 2 is 1.45 bits per heavy atom. The summed E-state index contributed by atoms with van der Waals surface area (Å²) in [6.45, 7) is 0. The van der Waals surface area contributed by atoms with Gasteiger partial charge in [0, 0.05) is 11.6 Å². The smallest absolute Gasteiger partial charge is 0.343 e. The van der Waals surface area contributed by atoms with Crippen molar-refractivity contribution in [1.29, 1.82) is 0 Å². The molecule has 1 aliphatic rings. The zero-order chi connectivity index (χ0) is 23.4. The van der Waals surface area contributed by atoms with Crippen LogP contribution in [-0.4, -0.2) is 23.6 Å². The molecule has 6 nitrogen and oxygen atoms in total. The van der Waals surface area contributed by atoms with Gasteiger partial charge in [0.15, 0.2) is 5.78 Å². The number of carbonyl (C=O) groups excluding carboxylic acids is 4. The molecular formula is C26H16FNO5. The van der Waals surface area contributed by atoms with E-state index in [1.807, 2.05) is 0 Å². The van der Waals surface area contributed by atoms with Crippen molar-refractivity contribution in [2.45, 2.75) is 0 Å². The van der Waals surface area contributed by atoms with Crippen molar-refractivity contribution < 1.29 is 28.3 Å². The van der Waals surface area contributed by atoms with E-state index in [1.165, 1.54) is 48.6 Å². The first-order valence-corrected chi connectivity index (χ1v) is 9.87. The van der Waals surface area contributed by atoms with Crippen molar-refractivity contribution in [3.05, 3.63) is 113 Å². The highest BCUT2D eigenvalue weighted by molar-refractivity contribution is 6.33. The molecule has 4 rings (SSSR count). The first kappa shape index (κ1) is 21.6. The summed E-state index contributed by atoms with van der Waals surface area (Å²) in [5.41, 5.74) is 2.12. The molecular weight excluding hydrogens is 425 g/mol. The Balaban J connectivity index is 1.37. The van der Waals surface area contributed by atoms with Crippen molar-refractivity contribution in [2.24, 2.45) is 0 Å². The maximum absolute atomic E-state index is 13.0. The third kappa shape index (κ3) is 5.16. The van der Waals surface area contributed by atoms with E-state index in [2.05, 4.69) is 5.32 Å². The molecule has 3 aromatic rings. The molecule has 0 saturated heterocycles. The monoisotopic (exact) mass is 441 g/mol. The van der Waals surface area contributed by atoms with Gasteiger partial charge in [0.2, 0.25) is 0 Å². The summed E-state index contributed by atoms with van der Waals surface area (Å²) in [5, 5.41) is 2.17. The average Bonchev–Trinajstić information content (AvgIpc) is 3.16. The molecule has 7 heteroatoms. The Morgan fingerprint density at radius 3 is 2.06 bits per heavy atom. The molecule has 0 radical (unpaired) electrons. The number of allylic oxidation sites excluding steroid dienone is 1. The molecule has 0 fully saturated rings. The number of ketones is 1. The van der Waals surface area contributed by atoms with Gasteiger partial charge in [0.1, 0.15) is 11.6 Å². The largest absolute Gasteiger partial charge is 0.423 e. The van der Waals surface area contributed by atoms with E-state index >= 15 is 0 Å². The summed E-state index contributed by atoms with van der Waals surface area (Å²) in [4.78, 5) is 47.5. The van der Waals surface area contributed by atoms with E-state index in [9.17, 15) is 23.6 Å². The molecule has 0 unspecified atom stereocenters. The topological polar surface area (TPSA) is 89.5 Å². The first-order chi connectivity index (χ1) is 15.9. The SMILES string of the molecule is O=C1C=C(c2ccc(C(=O)Oc3ccc(C=CC(=O)c4ccc(F)cc4)cc3)cc2)C(=O)N1. The molecule has 0 aromatic heterocycles. The van der Waals surface area contributed by atoms with Gasteiger partial charge in [0.25, 0.3) is 11.8 Å². The van der Waals surface area contributed by atoms with E-state index in [4.69, 9.17) is 4.74 Å². The molecule has 3 aromatic carbocycles. The van der Waals surface area contributed by atoms with Crippen LogP contribution >= 0.6 is 0 Å². The fourth-order valence-electron chi connectivity index (χ4n) is 3.11. The van der Waals surface area contributed by atoms with Crippen molar-refractivity contribution in [3.8, 4) is 5.75 Å². The number of esters is 1. The molecule has 1 heterocycles. The van der Waals surface area contributed by atoms with Crippen molar-refractivity contribution >= 4 is 35.2 Å². The van der Waals surface area contributed by atoms with Gasteiger partial charge >= 0.3 is 5.97 Å². The van der Waals surface area contributed by atoms with Gasteiger partial charge in [-0.1, -0.05) is 30.3 Å². The summed E-state index contributed by atoms with van der Waals surface area (Å²) in [6, 6.07) is 18.0. The molecule has 162 valence electrons. The molecule has 0 bridgehead atoms. The molecule has 1 N–H and O–H groups in total. The lowest BCUT2D eigenvalue weighted by Gasteiger charge is -2.06. The lowest BCUT2D eigenvalue weighted by molar-refractivity contribution is -0.123. The molecule has 1 aliphatic heterocycles. The van der Waals surface area contributed by atoms with Gasteiger partial charge in [0.05, 0.1) is 11.1 Å². The normalized spacial score (nSPS) is 13.1. The van der Waals surface area contributed by atoms with Crippen LogP contribution in [0.25, 0.3) is 11.6 Å². The van der Waals surface area contributed by atoms with Crippen LogP contribution in [0.15, 0.2) is 84.9 Å². The summed E-state index contributed by atoms with van der Waals surface area (Å²) in [5.74, 6) is -1.90. The minimum atomic E-state index is -0.586. The molecule has 33 heavy (non-hydrogen) atoms. The van der Waals surface area contributed by atoms with Crippen LogP contribution in [0.5, 0.6) is 5.75 Å². The summed E-state index contributed by atoms with van der Waals surface area (Å²) >= 11 is 0. The predicted octanol–water partition coefficient (Wildman–Crippen LogP) is 3.98. The molecule has 0 saturated carbocycles. The van der Waals surface area contributed by atoms with Crippen molar-refractivity contribution in [1.82, 2.24) is 5.32 Å². The highest BCUT2D eigenvalue weighted by Gasteiger charge is 2.22. The second-order valence-corrected chi connectivity index (χ2v) is 7.12. The standard InChI is InChI=1S/C26H16FNO5/c27-20-10-8-18(9-11-20)23(29)14-3-16-1-12-21(13-2-16)33-26(32)19-6-4-17(5-7-19)22-15-24(30)28-25(22)31/h1-15H,(H,28,30,31). The van der Waals surface area contributed by atoms with Gasteiger partial charge in [-0.05, 0) is 65.7 Å². The number of carbonyl (C=O) groups is 4. The number of amides is 2. The van der Waals surface area contributed by atoms with Crippen LogP contribution in [0.1, 0.15) is 31.8 Å². The third-order valence-corrected chi connectivity index (χ3v) is 4.83. The molecule has 0 aliphatic carbocycles. The quantitative estimate of drug-likeness (QED) is 0.206. The van der Waals surface area contributed by atoms with Crippen LogP contribution in [0.3, 0.4) is 0 Å². The van der Waals surface area contributed by atoms with Gasteiger partial charge in [-0.3, -0.25) is 19.7 Å². The van der Waals surface area contributed by atoms with Crippen molar-refractivity contribution in [2.75, 3.05) is 0 Å². The van der Waals surface area contributed by atoms with Gasteiger partial charge in [-0.2, -0.15) is 0 Å². The number of rotatable bonds is 6. The number of imide groups is 1. The lowest BCUT2D eigenvalue weighted by Crippen LogP contribution is -2.21. The van der Waals surface area contributed by atoms with Gasteiger partial charge in [-0.15, -0.1) is 0 Å². The minimum absolute atomic E-state index is 0.237. The van der Waals surface area contributed by atoms with E-state index in [0.717, 1.165) is 0 Å². The van der Waals surface area contributed by atoms with Crippen LogP contribution in [-0.2, 0) is 9.59 Å². The Hall–Kier alpha value is -4.65. The number of hydrogen-bond acceptors (Lipinski definition) is 5. The fraction of sp³-hybridized carbons (Fsp3) is 0. The third-order valence-electron chi connectivity index (χ3n) is 4.83. The highest BCUT2D eigenvalue weighted by atomic mass is 19.1. The zero-order valence-electron chi connectivity index (χ0n) is 17.1. The number of nitrogens with one attached hydrogen (secondary N) is 1. The van der Waals surface area contributed by atoms with Crippen LogP contribution < -0.4 is 10.1 Å². The Bertz CT molecular complexity index is 1300. The van der Waals surface area contributed by atoms with Crippen molar-refractivity contribution in [3.63, 3.8) is 0 Å². The molecule has 0 spiro atoms. The summed E-state index contributed by atoms with van der Waals surface area (Å²) in [7, 11) is 0. The van der Waals surface area contributed by atoms with Crippen LogP contribution in [0.4, 0.5) is 4.39 Å². The second-order valence-electron chi connectivity index (χ2n) is 7.12. The Morgan fingerprint density at radius 1 is 0.818 bits per heavy atom. The van der Waals surface area contributed by atoms with Crippen LogP contribution in [0, 0.1) is 5.82 Å². The first-order valence-electron chi connectivity index (χ1n) is 9.87.